The van der Waals surface area contributed by atoms with Crippen molar-refractivity contribution >= 4 is 17.5 Å². The van der Waals surface area contributed by atoms with Gasteiger partial charge in [-0.3, -0.25) is 9.48 Å². The summed E-state index contributed by atoms with van der Waals surface area (Å²) < 4.78 is 1.97. The lowest BCUT2D eigenvalue weighted by Crippen LogP contribution is -2.31. The number of hydrogen-bond acceptors (Lipinski definition) is 2. The summed E-state index contributed by atoms with van der Waals surface area (Å²) in [6, 6.07) is 9.55. The van der Waals surface area contributed by atoms with Crippen LogP contribution in [0.4, 0.5) is 0 Å². The molecule has 0 fully saturated rings. The van der Waals surface area contributed by atoms with E-state index in [1.807, 2.05) is 41.9 Å². The van der Waals surface area contributed by atoms with Crippen LogP contribution in [0.15, 0.2) is 30.3 Å². The van der Waals surface area contributed by atoms with Crippen molar-refractivity contribution in [1.29, 1.82) is 0 Å². The number of hydrogen-bond donors (Lipinski definition) is 0. The molecular formula is C20H28ClN3O. The van der Waals surface area contributed by atoms with E-state index in [4.69, 9.17) is 11.6 Å². The smallest absolute Gasteiger partial charge is 0.274 e. The minimum absolute atomic E-state index is 0.0627. The highest BCUT2D eigenvalue weighted by atomic mass is 35.5. The molecule has 1 aromatic heterocycles. The Morgan fingerprint density at radius 2 is 1.92 bits per heavy atom. The van der Waals surface area contributed by atoms with Crippen molar-refractivity contribution < 1.29 is 4.79 Å². The van der Waals surface area contributed by atoms with Gasteiger partial charge < -0.3 is 4.90 Å². The fourth-order valence-electron chi connectivity index (χ4n) is 2.77. The Labute approximate surface area is 155 Å². The fourth-order valence-corrected chi connectivity index (χ4v) is 2.97. The second-order valence-corrected chi connectivity index (χ2v) is 8.01. The predicted molar refractivity (Wildman–Crippen MR) is 103 cm³/mol. The number of aromatic nitrogens is 2. The first-order valence-corrected chi connectivity index (χ1v) is 9.16. The lowest BCUT2D eigenvalue weighted by atomic mass is 10.1. The Bertz CT molecular complexity index is 744. The summed E-state index contributed by atoms with van der Waals surface area (Å²) in [4.78, 5) is 14.8. The lowest BCUT2D eigenvalue weighted by Gasteiger charge is -2.24. The molecule has 1 heterocycles. The third kappa shape index (κ3) is 4.43. The average molecular weight is 362 g/mol. The molecule has 0 unspecified atom stereocenters. The molecule has 0 bridgehead atoms. The molecule has 2 aromatic rings. The van der Waals surface area contributed by atoms with E-state index in [1.54, 1.807) is 4.90 Å². The highest BCUT2D eigenvalue weighted by Gasteiger charge is 2.25. The van der Waals surface area contributed by atoms with Gasteiger partial charge in [-0.2, -0.15) is 5.10 Å². The van der Waals surface area contributed by atoms with Gasteiger partial charge in [-0.25, -0.2) is 0 Å². The van der Waals surface area contributed by atoms with Crippen molar-refractivity contribution in [2.24, 2.45) is 0 Å². The second kappa shape index (κ2) is 7.61. The first kappa shape index (κ1) is 19.5. The highest BCUT2D eigenvalue weighted by Crippen LogP contribution is 2.25. The molecule has 0 atom stereocenters. The van der Waals surface area contributed by atoms with E-state index in [0.29, 0.717) is 29.7 Å². The average Bonchev–Trinajstić information content (AvgIpc) is 2.99. The van der Waals surface area contributed by atoms with E-state index >= 15 is 0 Å². The number of carbonyl (C=O) groups excluding carboxylic acids is 1. The van der Waals surface area contributed by atoms with Crippen molar-refractivity contribution in [3.8, 4) is 0 Å². The van der Waals surface area contributed by atoms with Gasteiger partial charge in [0.15, 0.2) is 5.69 Å². The standard InChI is InChI=1S/C20H28ClN3O/c1-7-23(13-15-10-8-9-11-16(15)21)19(25)17-12-18(14(2)3)24(22-17)20(4,5)6/h8-12,14H,7,13H2,1-6H3. The quantitative estimate of drug-likeness (QED) is 0.745. The van der Waals surface area contributed by atoms with Crippen LogP contribution in [0.5, 0.6) is 0 Å². The van der Waals surface area contributed by atoms with E-state index < -0.39 is 0 Å². The number of amides is 1. The molecule has 0 radical (unpaired) electrons. The summed E-state index contributed by atoms with van der Waals surface area (Å²) in [7, 11) is 0. The molecule has 1 amide bonds. The van der Waals surface area contributed by atoms with Gasteiger partial charge in [0.05, 0.1) is 5.54 Å². The van der Waals surface area contributed by atoms with Crippen molar-refractivity contribution in [2.75, 3.05) is 6.54 Å². The van der Waals surface area contributed by atoms with Crippen LogP contribution in [0, 0.1) is 0 Å². The third-order valence-corrected chi connectivity index (χ3v) is 4.54. The van der Waals surface area contributed by atoms with Gasteiger partial charge in [0.2, 0.25) is 0 Å². The highest BCUT2D eigenvalue weighted by molar-refractivity contribution is 6.31. The van der Waals surface area contributed by atoms with E-state index in [2.05, 4.69) is 39.7 Å². The number of rotatable bonds is 5. The van der Waals surface area contributed by atoms with Crippen molar-refractivity contribution in [3.05, 3.63) is 52.3 Å². The van der Waals surface area contributed by atoms with Crippen LogP contribution in [0.3, 0.4) is 0 Å². The van der Waals surface area contributed by atoms with Crippen LogP contribution in [0.25, 0.3) is 0 Å². The first-order valence-electron chi connectivity index (χ1n) is 8.78. The molecule has 0 saturated heterocycles. The van der Waals surface area contributed by atoms with Gasteiger partial charge in [-0.15, -0.1) is 0 Å². The molecule has 4 nitrogen and oxygen atoms in total. The molecule has 0 saturated carbocycles. The fraction of sp³-hybridized carbons (Fsp3) is 0.500. The molecule has 0 spiro atoms. The van der Waals surface area contributed by atoms with E-state index in [9.17, 15) is 4.79 Å². The molecule has 0 aliphatic carbocycles. The maximum atomic E-state index is 13.0. The topological polar surface area (TPSA) is 38.1 Å². The van der Waals surface area contributed by atoms with Crippen LogP contribution in [-0.2, 0) is 12.1 Å². The molecule has 5 heteroatoms. The van der Waals surface area contributed by atoms with Crippen LogP contribution >= 0.6 is 11.6 Å². The summed E-state index contributed by atoms with van der Waals surface area (Å²) in [6.07, 6.45) is 0. The molecule has 0 aliphatic rings. The van der Waals surface area contributed by atoms with Gasteiger partial charge in [-0.05, 0) is 51.3 Å². The Kier molecular flexibility index (Phi) is 5.94. The van der Waals surface area contributed by atoms with E-state index in [1.165, 1.54) is 0 Å². The number of halogens is 1. The minimum atomic E-state index is -0.169. The predicted octanol–water partition coefficient (Wildman–Crippen LogP) is 5.08. The molecule has 2 rings (SSSR count). The molecule has 25 heavy (non-hydrogen) atoms. The Hall–Kier alpha value is -1.81. The largest absolute Gasteiger partial charge is 0.333 e. The summed E-state index contributed by atoms with van der Waals surface area (Å²) in [6.45, 7) is 13.6. The van der Waals surface area contributed by atoms with Crippen molar-refractivity contribution in [3.63, 3.8) is 0 Å². The van der Waals surface area contributed by atoms with Gasteiger partial charge in [0.1, 0.15) is 0 Å². The normalized spacial score (nSPS) is 11.8. The maximum absolute atomic E-state index is 13.0. The monoisotopic (exact) mass is 361 g/mol. The molecule has 1 aromatic carbocycles. The van der Waals surface area contributed by atoms with Crippen LogP contribution in [0.2, 0.25) is 5.02 Å². The Morgan fingerprint density at radius 1 is 1.28 bits per heavy atom. The third-order valence-electron chi connectivity index (χ3n) is 4.17. The van der Waals surface area contributed by atoms with Crippen molar-refractivity contribution in [1.82, 2.24) is 14.7 Å². The van der Waals surface area contributed by atoms with E-state index in [0.717, 1.165) is 11.3 Å². The minimum Gasteiger partial charge on any atom is -0.333 e. The Morgan fingerprint density at radius 3 is 2.40 bits per heavy atom. The zero-order chi connectivity index (χ0) is 18.8. The number of benzene rings is 1. The van der Waals surface area contributed by atoms with Gasteiger partial charge >= 0.3 is 0 Å². The van der Waals surface area contributed by atoms with Crippen LogP contribution in [-0.4, -0.2) is 27.1 Å². The summed E-state index contributed by atoms with van der Waals surface area (Å²) >= 11 is 6.25. The summed E-state index contributed by atoms with van der Waals surface area (Å²) in [5.74, 6) is 0.235. The zero-order valence-electron chi connectivity index (χ0n) is 16.0. The number of carbonyl (C=O) groups is 1. The number of nitrogens with zero attached hydrogens (tertiary/aromatic N) is 3. The van der Waals surface area contributed by atoms with E-state index in [-0.39, 0.29) is 11.4 Å². The lowest BCUT2D eigenvalue weighted by molar-refractivity contribution is 0.0745. The van der Waals surface area contributed by atoms with Crippen molar-refractivity contribution in [2.45, 2.75) is 59.5 Å². The van der Waals surface area contributed by atoms with Gasteiger partial charge in [0, 0.05) is 23.8 Å². The molecular weight excluding hydrogens is 334 g/mol. The van der Waals surface area contributed by atoms with Gasteiger partial charge in [-0.1, -0.05) is 43.6 Å². The SMILES string of the molecule is CCN(Cc1ccccc1Cl)C(=O)c1cc(C(C)C)n(C(C)(C)C)n1. The molecule has 0 aliphatic heterocycles. The molecule has 136 valence electrons. The zero-order valence-corrected chi connectivity index (χ0v) is 16.8. The van der Waals surface area contributed by atoms with Crippen LogP contribution < -0.4 is 0 Å². The second-order valence-electron chi connectivity index (χ2n) is 7.60. The van der Waals surface area contributed by atoms with Crippen LogP contribution in [0.1, 0.15) is 69.2 Å². The summed E-state index contributed by atoms with van der Waals surface area (Å²) in [5.41, 5.74) is 2.34. The Balaban J connectivity index is 2.33. The van der Waals surface area contributed by atoms with Gasteiger partial charge in [0.25, 0.3) is 5.91 Å². The maximum Gasteiger partial charge on any atom is 0.274 e. The molecule has 0 N–H and O–H groups in total. The first-order chi connectivity index (χ1) is 11.6. The summed E-state index contributed by atoms with van der Waals surface area (Å²) in [5, 5.41) is 5.31.